The van der Waals surface area contributed by atoms with Gasteiger partial charge in [0.05, 0.1) is 25.4 Å². The Bertz CT molecular complexity index is 720. The fourth-order valence-corrected chi connectivity index (χ4v) is 2.92. The molecule has 1 saturated carbocycles. The molecule has 3 rings (SSSR count). The normalized spacial score (nSPS) is 21.0. The minimum absolute atomic E-state index is 0.268. The van der Waals surface area contributed by atoms with Crippen LogP contribution in [-0.2, 0) is 22.7 Å². The number of hydrogen-bond donors (Lipinski definition) is 1. The van der Waals surface area contributed by atoms with Gasteiger partial charge in [-0.2, -0.15) is 0 Å². The molecule has 0 saturated heterocycles. The summed E-state index contributed by atoms with van der Waals surface area (Å²) >= 11 is 0. The zero-order chi connectivity index (χ0) is 18.1. The lowest BCUT2D eigenvalue weighted by Crippen LogP contribution is -2.08. The molecule has 2 aromatic rings. The van der Waals surface area contributed by atoms with E-state index in [0.29, 0.717) is 26.4 Å². The van der Waals surface area contributed by atoms with E-state index >= 15 is 0 Å². The lowest BCUT2D eigenvalue weighted by atomic mass is 10.2. The molecule has 0 amide bonds. The Labute approximate surface area is 155 Å². The Kier molecular flexibility index (Phi) is 6.82. The van der Waals surface area contributed by atoms with Gasteiger partial charge in [-0.15, -0.1) is 5.73 Å². The summed E-state index contributed by atoms with van der Waals surface area (Å²) in [4.78, 5) is 0. The van der Waals surface area contributed by atoms with E-state index in [1.165, 1.54) is 5.56 Å². The highest BCUT2D eigenvalue weighted by Gasteiger charge is 2.50. The SMILES string of the molecule is O[C@@]1(C=C=CCOCc2ccccc2)C[C@@H]1CCOCc1ccccc1. The van der Waals surface area contributed by atoms with Gasteiger partial charge in [0.15, 0.2) is 0 Å². The predicted octanol–water partition coefficient (Wildman–Crippen LogP) is 4.27. The van der Waals surface area contributed by atoms with Crippen LogP contribution in [-0.4, -0.2) is 23.9 Å². The molecular formula is C23H26O3. The highest BCUT2D eigenvalue weighted by Crippen LogP contribution is 2.46. The molecule has 136 valence electrons. The van der Waals surface area contributed by atoms with Gasteiger partial charge in [0.25, 0.3) is 0 Å². The van der Waals surface area contributed by atoms with Crippen molar-refractivity contribution in [3.63, 3.8) is 0 Å². The number of benzene rings is 2. The maximum atomic E-state index is 10.4. The number of ether oxygens (including phenoxy) is 2. The van der Waals surface area contributed by atoms with Crippen LogP contribution in [0.5, 0.6) is 0 Å². The van der Waals surface area contributed by atoms with Crippen LogP contribution >= 0.6 is 0 Å². The standard InChI is InChI=1S/C23H26O3/c24-23(14-7-8-15-25-18-20-9-3-1-4-10-20)17-22(23)13-16-26-19-21-11-5-2-6-12-21/h1-6,8-12,14,22,24H,13,15-19H2/t7?,22-,23-/m0/s1. The Balaban J connectivity index is 1.29. The van der Waals surface area contributed by atoms with E-state index in [1.54, 1.807) is 6.08 Å². The summed E-state index contributed by atoms with van der Waals surface area (Å²) in [6, 6.07) is 20.2. The number of rotatable bonds is 10. The minimum atomic E-state index is -0.716. The van der Waals surface area contributed by atoms with Gasteiger partial charge < -0.3 is 14.6 Å². The molecule has 3 heteroatoms. The summed E-state index contributed by atoms with van der Waals surface area (Å²) in [7, 11) is 0. The molecule has 0 aromatic heterocycles. The van der Waals surface area contributed by atoms with Crippen molar-refractivity contribution in [1.82, 2.24) is 0 Å². The Morgan fingerprint density at radius 1 is 0.962 bits per heavy atom. The molecule has 1 aliphatic carbocycles. The van der Waals surface area contributed by atoms with Gasteiger partial charge in [0.2, 0.25) is 0 Å². The van der Waals surface area contributed by atoms with Crippen LogP contribution in [0.25, 0.3) is 0 Å². The summed E-state index contributed by atoms with van der Waals surface area (Å²) in [5.74, 6) is 0.268. The van der Waals surface area contributed by atoms with Gasteiger partial charge in [0.1, 0.15) is 0 Å². The number of hydrogen-bond acceptors (Lipinski definition) is 3. The van der Waals surface area contributed by atoms with E-state index in [0.717, 1.165) is 18.4 Å². The molecule has 0 heterocycles. The summed E-state index contributed by atoms with van der Waals surface area (Å²) in [5, 5.41) is 10.4. The van der Waals surface area contributed by atoms with Gasteiger partial charge >= 0.3 is 0 Å². The third-order valence-electron chi connectivity index (χ3n) is 4.61. The zero-order valence-corrected chi connectivity index (χ0v) is 15.0. The summed E-state index contributed by atoms with van der Waals surface area (Å²) < 4.78 is 11.3. The molecule has 1 fully saturated rings. The van der Waals surface area contributed by atoms with Crippen LogP contribution in [0.4, 0.5) is 0 Å². The molecule has 0 aliphatic heterocycles. The Morgan fingerprint density at radius 2 is 1.58 bits per heavy atom. The van der Waals surface area contributed by atoms with E-state index < -0.39 is 5.60 Å². The van der Waals surface area contributed by atoms with Crippen molar-refractivity contribution < 1.29 is 14.6 Å². The molecule has 2 aromatic carbocycles. The molecule has 0 unspecified atom stereocenters. The first kappa shape index (κ1) is 18.6. The summed E-state index contributed by atoms with van der Waals surface area (Å²) in [6.45, 7) is 2.37. The van der Waals surface area contributed by atoms with Crippen LogP contribution < -0.4 is 0 Å². The average Bonchev–Trinajstić information content (AvgIpc) is 3.33. The lowest BCUT2D eigenvalue weighted by molar-refractivity contribution is 0.104. The summed E-state index contributed by atoms with van der Waals surface area (Å²) in [6.07, 6.45) is 5.24. The van der Waals surface area contributed by atoms with Crippen molar-refractivity contribution in [2.45, 2.75) is 31.7 Å². The second-order valence-electron chi connectivity index (χ2n) is 6.73. The topological polar surface area (TPSA) is 38.7 Å². The quantitative estimate of drug-likeness (QED) is 0.514. The molecule has 3 nitrogen and oxygen atoms in total. The molecular weight excluding hydrogens is 324 g/mol. The molecule has 0 spiro atoms. The molecule has 26 heavy (non-hydrogen) atoms. The largest absolute Gasteiger partial charge is 0.385 e. The predicted molar refractivity (Wildman–Crippen MR) is 103 cm³/mol. The fourth-order valence-electron chi connectivity index (χ4n) is 2.92. The maximum absolute atomic E-state index is 10.4. The van der Waals surface area contributed by atoms with Crippen molar-refractivity contribution >= 4 is 0 Å². The molecule has 0 bridgehead atoms. The highest BCUT2D eigenvalue weighted by atomic mass is 16.5. The van der Waals surface area contributed by atoms with Gasteiger partial charge in [-0.05, 0) is 42.0 Å². The summed E-state index contributed by atoms with van der Waals surface area (Å²) in [5.41, 5.74) is 4.67. The maximum Gasteiger partial charge on any atom is 0.0934 e. The molecule has 0 radical (unpaired) electrons. The van der Waals surface area contributed by atoms with Crippen molar-refractivity contribution in [2.75, 3.05) is 13.2 Å². The first-order valence-electron chi connectivity index (χ1n) is 9.14. The second-order valence-corrected chi connectivity index (χ2v) is 6.73. The van der Waals surface area contributed by atoms with Crippen LogP contribution in [0, 0.1) is 5.92 Å². The first-order valence-corrected chi connectivity index (χ1v) is 9.14. The van der Waals surface area contributed by atoms with Crippen LogP contribution in [0.2, 0.25) is 0 Å². The van der Waals surface area contributed by atoms with E-state index in [-0.39, 0.29) is 5.92 Å². The van der Waals surface area contributed by atoms with E-state index in [2.05, 4.69) is 17.9 Å². The lowest BCUT2D eigenvalue weighted by Gasteiger charge is -2.05. The second kappa shape index (κ2) is 9.51. The number of aliphatic hydroxyl groups is 1. The highest BCUT2D eigenvalue weighted by molar-refractivity contribution is 5.17. The smallest absolute Gasteiger partial charge is 0.0934 e. The minimum Gasteiger partial charge on any atom is -0.385 e. The van der Waals surface area contributed by atoms with Gasteiger partial charge in [0, 0.05) is 6.61 Å². The zero-order valence-electron chi connectivity index (χ0n) is 15.0. The van der Waals surface area contributed by atoms with Crippen molar-refractivity contribution in [1.29, 1.82) is 0 Å². The van der Waals surface area contributed by atoms with E-state index in [4.69, 9.17) is 9.47 Å². The van der Waals surface area contributed by atoms with Crippen molar-refractivity contribution in [3.8, 4) is 0 Å². The Hall–Kier alpha value is -2.16. The van der Waals surface area contributed by atoms with E-state index in [9.17, 15) is 5.11 Å². The van der Waals surface area contributed by atoms with Crippen molar-refractivity contribution in [2.24, 2.45) is 5.92 Å². The van der Waals surface area contributed by atoms with Gasteiger partial charge in [-0.1, -0.05) is 60.7 Å². The first-order chi connectivity index (χ1) is 12.8. The Morgan fingerprint density at radius 3 is 2.23 bits per heavy atom. The van der Waals surface area contributed by atoms with Crippen LogP contribution in [0.15, 0.2) is 78.5 Å². The van der Waals surface area contributed by atoms with Crippen LogP contribution in [0.1, 0.15) is 24.0 Å². The third-order valence-corrected chi connectivity index (χ3v) is 4.61. The van der Waals surface area contributed by atoms with Crippen molar-refractivity contribution in [3.05, 3.63) is 89.7 Å². The van der Waals surface area contributed by atoms with Gasteiger partial charge in [-0.25, -0.2) is 0 Å². The molecule has 1 aliphatic rings. The monoisotopic (exact) mass is 350 g/mol. The van der Waals surface area contributed by atoms with E-state index in [1.807, 2.05) is 54.6 Å². The third kappa shape index (κ3) is 5.98. The van der Waals surface area contributed by atoms with Crippen LogP contribution in [0.3, 0.4) is 0 Å². The van der Waals surface area contributed by atoms with Gasteiger partial charge in [-0.3, -0.25) is 0 Å². The average molecular weight is 350 g/mol. The molecule has 2 atom stereocenters. The molecule has 1 N–H and O–H groups in total. The fraction of sp³-hybridized carbons (Fsp3) is 0.348.